The van der Waals surface area contributed by atoms with Crippen molar-refractivity contribution >= 4 is 34.7 Å². The van der Waals surface area contributed by atoms with Crippen LogP contribution in [0.5, 0.6) is 0 Å². The van der Waals surface area contributed by atoms with E-state index in [1.807, 2.05) is 48.5 Å². The van der Waals surface area contributed by atoms with Crippen LogP contribution in [0.25, 0.3) is 11.3 Å². The lowest BCUT2D eigenvalue weighted by atomic mass is 10.1. The first-order chi connectivity index (χ1) is 12.7. The van der Waals surface area contributed by atoms with Gasteiger partial charge in [-0.2, -0.15) is 5.10 Å². The van der Waals surface area contributed by atoms with Gasteiger partial charge in [0.15, 0.2) is 10.3 Å². The topological polar surface area (TPSA) is 76.5 Å². The van der Waals surface area contributed by atoms with Crippen LogP contribution in [0, 0.1) is 0 Å². The highest BCUT2D eigenvalue weighted by molar-refractivity contribution is 8.13. The van der Waals surface area contributed by atoms with Gasteiger partial charge in [0.2, 0.25) is 0 Å². The van der Waals surface area contributed by atoms with E-state index in [0.717, 1.165) is 22.6 Å². The van der Waals surface area contributed by atoms with Crippen molar-refractivity contribution in [3.05, 3.63) is 83.0 Å². The van der Waals surface area contributed by atoms with E-state index >= 15 is 0 Å². The lowest BCUT2D eigenvalue weighted by Crippen LogP contribution is -2.05. The lowest BCUT2D eigenvalue weighted by Gasteiger charge is -2.00. The number of halogens is 1. The molecule has 0 amide bonds. The highest BCUT2D eigenvalue weighted by Crippen LogP contribution is 2.17. The van der Waals surface area contributed by atoms with Crippen LogP contribution in [0.1, 0.15) is 11.1 Å². The zero-order valence-electron chi connectivity index (χ0n) is 13.8. The fourth-order valence-corrected chi connectivity index (χ4v) is 2.84. The van der Waals surface area contributed by atoms with Crippen LogP contribution >= 0.6 is 23.4 Å². The summed E-state index contributed by atoms with van der Waals surface area (Å²) in [6, 6.07) is 21.4. The standard InChI is InChI=1S/C19H16ClN5S/c20-18-11-10-17(23-24-18)16-8-6-14(7-9-16)12-22-25-19(21)26-13-15-4-2-1-3-5-15/h1-12H,13H2,(H2,21,25). The van der Waals surface area contributed by atoms with E-state index in [2.05, 4.69) is 32.5 Å². The van der Waals surface area contributed by atoms with Crippen LogP contribution in [-0.2, 0) is 5.75 Å². The number of hydrogen-bond donors (Lipinski definition) is 1. The normalized spacial score (nSPS) is 11.8. The molecule has 2 aromatic carbocycles. The van der Waals surface area contributed by atoms with Gasteiger partial charge in [0, 0.05) is 11.3 Å². The molecule has 1 heterocycles. The second-order valence-corrected chi connectivity index (χ2v) is 6.70. The van der Waals surface area contributed by atoms with Crippen LogP contribution in [0.4, 0.5) is 0 Å². The zero-order valence-corrected chi connectivity index (χ0v) is 15.4. The molecule has 0 saturated carbocycles. The summed E-state index contributed by atoms with van der Waals surface area (Å²) < 4.78 is 0. The molecule has 0 fully saturated rings. The largest absolute Gasteiger partial charge is 0.377 e. The molecule has 3 aromatic rings. The molecule has 0 atom stereocenters. The van der Waals surface area contributed by atoms with E-state index in [1.165, 1.54) is 17.3 Å². The predicted molar refractivity (Wildman–Crippen MR) is 109 cm³/mol. The van der Waals surface area contributed by atoms with Crippen molar-refractivity contribution in [2.45, 2.75) is 5.75 Å². The van der Waals surface area contributed by atoms with Crippen molar-refractivity contribution < 1.29 is 0 Å². The molecule has 3 rings (SSSR count). The number of hydrogen-bond acceptors (Lipinski definition) is 5. The third-order valence-electron chi connectivity index (χ3n) is 3.43. The quantitative estimate of drug-likeness (QED) is 0.404. The van der Waals surface area contributed by atoms with E-state index in [9.17, 15) is 0 Å². The average Bonchev–Trinajstić information content (AvgIpc) is 2.68. The molecule has 0 radical (unpaired) electrons. The maximum absolute atomic E-state index is 5.87. The first-order valence-corrected chi connectivity index (χ1v) is 9.20. The SMILES string of the molecule is NC(=NN=Cc1ccc(-c2ccc(Cl)nn2)cc1)SCc1ccccc1. The summed E-state index contributed by atoms with van der Waals surface area (Å²) in [5, 5.41) is 16.7. The summed E-state index contributed by atoms with van der Waals surface area (Å²) in [5.41, 5.74) is 9.70. The summed E-state index contributed by atoms with van der Waals surface area (Å²) in [4.78, 5) is 0. The highest BCUT2D eigenvalue weighted by atomic mass is 35.5. The zero-order chi connectivity index (χ0) is 18.2. The Balaban J connectivity index is 1.57. The third kappa shape index (κ3) is 5.40. The van der Waals surface area contributed by atoms with Gasteiger partial charge < -0.3 is 5.73 Å². The van der Waals surface area contributed by atoms with E-state index in [1.54, 1.807) is 12.3 Å². The van der Waals surface area contributed by atoms with E-state index < -0.39 is 0 Å². The minimum absolute atomic E-state index is 0.373. The molecule has 0 spiro atoms. The highest BCUT2D eigenvalue weighted by Gasteiger charge is 2.00. The summed E-state index contributed by atoms with van der Waals surface area (Å²) in [6.45, 7) is 0. The van der Waals surface area contributed by atoms with Crippen molar-refractivity contribution in [2.75, 3.05) is 0 Å². The van der Waals surface area contributed by atoms with Gasteiger partial charge in [0.05, 0.1) is 11.9 Å². The molecular weight excluding hydrogens is 366 g/mol. The molecule has 0 aliphatic heterocycles. The maximum atomic E-state index is 5.87. The average molecular weight is 382 g/mol. The minimum Gasteiger partial charge on any atom is -0.377 e. The Labute approximate surface area is 161 Å². The van der Waals surface area contributed by atoms with E-state index in [0.29, 0.717) is 10.3 Å². The minimum atomic E-state index is 0.373. The Hall–Kier alpha value is -2.70. The molecule has 0 aliphatic carbocycles. The molecule has 0 bridgehead atoms. The number of aromatic nitrogens is 2. The number of rotatable bonds is 5. The van der Waals surface area contributed by atoms with Gasteiger partial charge in [-0.25, -0.2) is 0 Å². The molecule has 130 valence electrons. The molecule has 1 aromatic heterocycles. The van der Waals surface area contributed by atoms with Crippen molar-refractivity contribution in [3.63, 3.8) is 0 Å². The molecule has 7 heteroatoms. The van der Waals surface area contributed by atoms with Gasteiger partial charge in [-0.15, -0.1) is 15.3 Å². The maximum Gasteiger partial charge on any atom is 0.180 e. The Morgan fingerprint density at radius 1 is 1.00 bits per heavy atom. The van der Waals surface area contributed by atoms with Crippen LogP contribution in [0.3, 0.4) is 0 Å². The number of nitrogens with zero attached hydrogens (tertiary/aromatic N) is 4. The fraction of sp³-hybridized carbons (Fsp3) is 0.0526. The fourth-order valence-electron chi connectivity index (χ4n) is 2.12. The van der Waals surface area contributed by atoms with Gasteiger partial charge in [-0.05, 0) is 23.3 Å². The molecule has 0 unspecified atom stereocenters. The van der Waals surface area contributed by atoms with Crippen molar-refractivity contribution in [1.82, 2.24) is 10.2 Å². The van der Waals surface area contributed by atoms with Gasteiger partial charge in [-0.1, -0.05) is 78.0 Å². The summed E-state index contributed by atoms with van der Waals surface area (Å²) in [7, 11) is 0. The molecule has 0 aliphatic rings. The smallest absolute Gasteiger partial charge is 0.180 e. The Morgan fingerprint density at radius 3 is 2.46 bits per heavy atom. The van der Waals surface area contributed by atoms with E-state index in [-0.39, 0.29) is 0 Å². The van der Waals surface area contributed by atoms with Gasteiger partial charge in [0.1, 0.15) is 0 Å². The van der Waals surface area contributed by atoms with E-state index in [4.69, 9.17) is 17.3 Å². The second-order valence-electron chi connectivity index (χ2n) is 5.32. The number of amidine groups is 1. The molecule has 0 saturated heterocycles. The van der Waals surface area contributed by atoms with Crippen LogP contribution in [-0.4, -0.2) is 21.6 Å². The number of nitrogens with two attached hydrogens (primary N) is 1. The first kappa shape index (κ1) is 18.1. The number of thioether (sulfide) groups is 1. The summed E-state index contributed by atoms with van der Waals surface area (Å²) in [6.07, 6.45) is 1.66. The Kier molecular flexibility index (Phi) is 6.35. The van der Waals surface area contributed by atoms with Gasteiger partial charge in [0.25, 0.3) is 0 Å². The molecular formula is C19H16ClN5S. The summed E-state index contributed by atoms with van der Waals surface area (Å²) >= 11 is 7.20. The predicted octanol–water partition coefficient (Wildman–Crippen LogP) is 4.38. The lowest BCUT2D eigenvalue weighted by molar-refractivity contribution is 1.04. The molecule has 5 nitrogen and oxygen atoms in total. The number of benzene rings is 2. The van der Waals surface area contributed by atoms with Crippen molar-refractivity contribution in [2.24, 2.45) is 15.9 Å². The Morgan fingerprint density at radius 2 is 1.77 bits per heavy atom. The van der Waals surface area contributed by atoms with Crippen molar-refractivity contribution in [3.8, 4) is 11.3 Å². The molecule has 26 heavy (non-hydrogen) atoms. The second kappa shape index (κ2) is 9.12. The monoisotopic (exact) mass is 381 g/mol. The van der Waals surface area contributed by atoms with Gasteiger partial charge >= 0.3 is 0 Å². The van der Waals surface area contributed by atoms with Gasteiger partial charge in [-0.3, -0.25) is 0 Å². The first-order valence-electron chi connectivity index (χ1n) is 7.83. The summed E-state index contributed by atoms with van der Waals surface area (Å²) in [5.74, 6) is 0.766. The Bertz CT molecular complexity index is 893. The third-order valence-corrected chi connectivity index (χ3v) is 4.49. The van der Waals surface area contributed by atoms with Crippen molar-refractivity contribution in [1.29, 1.82) is 0 Å². The van der Waals surface area contributed by atoms with Crippen LogP contribution in [0.15, 0.2) is 76.9 Å². The van der Waals surface area contributed by atoms with Crippen LogP contribution < -0.4 is 5.73 Å². The van der Waals surface area contributed by atoms with Crippen LogP contribution in [0.2, 0.25) is 5.15 Å². The molecule has 2 N–H and O–H groups in total.